The van der Waals surface area contributed by atoms with Crippen molar-refractivity contribution in [2.45, 2.75) is 6.92 Å². The van der Waals surface area contributed by atoms with Crippen molar-refractivity contribution in [3.8, 4) is 0 Å². The Morgan fingerprint density at radius 3 is 2.80 bits per heavy atom. The maximum absolute atomic E-state index is 14.5. The van der Waals surface area contributed by atoms with Gasteiger partial charge in [0, 0.05) is 37.4 Å². The lowest BCUT2D eigenvalue weighted by molar-refractivity contribution is 0.576. The summed E-state index contributed by atoms with van der Waals surface area (Å²) >= 11 is 0. The molecule has 0 unspecified atom stereocenters. The van der Waals surface area contributed by atoms with Crippen molar-refractivity contribution in [1.82, 2.24) is 14.9 Å². The van der Waals surface area contributed by atoms with Crippen LogP contribution in [0.25, 0.3) is 11.3 Å². The van der Waals surface area contributed by atoms with E-state index in [-0.39, 0.29) is 16.9 Å². The molecule has 1 aliphatic rings. The number of allylic oxidation sites excluding steroid dienone is 2. The molecule has 5 nitrogen and oxygen atoms in total. The highest BCUT2D eigenvalue weighted by Gasteiger charge is 2.21. The summed E-state index contributed by atoms with van der Waals surface area (Å²) in [5, 5.41) is 2.70. The van der Waals surface area contributed by atoms with Crippen LogP contribution in [0.3, 0.4) is 0 Å². The summed E-state index contributed by atoms with van der Waals surface area (Å²) in [6, 6.07) is 2.55. The van der Waals surface area contributed by atoms with Gasteiger partial charge < -0.3 is 15.2 Å². The van der Waals surface area contributed by atoms with Crippen LogP contribution in [-0.4, -0.2) is 28.1 Å². The predicted molar refractivity (Wildman–Crippen MR) is 95.6 cm³/mol. The highest BCUT2D eigenvalue weighted by atomic mass is 19.1. The molecule has 0 bridgehead atoms. The van der Waals surface area contributed by atoms with E-state index in [0.717, 1.165) is 5.57 Å². The third kappa shape index (κ3) is 2.96. The van der Waals surface area contributed by atoms with Crippen LogP contribution in [0.15, 0.2) is 54.2 Å². The first-order valence-corrected chi connectivity index (χ1v) is 7.60. The normalized spacial score (nSPS) is 15.8. The second kappa shape index (κ2) is 6.72. The first kappa shape index (κ1) is 16.6. The molecule has 2 N–H and O–H groups in total. The smallest absolute Gasteiger partial charge is 0.158 e. The number of aromatic amines is 1. The highest BCUT2D eigenvalue weighted by Crippen LogP contribution is 2.31. The summed E-state index contributed by atoms with van der Waals surface area (Å²) in [7, 11) is 1.57. The van der Waals surface area contributed by atoms with Crippen LogP contribution in [-0.2, 0) is 0 Å². The number of hydrogen-bond acceptors (Lipinski definition) is 4. The minimum atomic E-state index is -0.690. The lowest BCUT2D eigenvalue weighted by atomic mass is 10.1. The average molecular weight is 341 g/mol. The van der Waals surface area contributed by atoms with Gasteiger partial charge in [-0.25, -0.2) is 13.8 Å². The molecular formula is C18H17F2N5. The van der Waals surface area contributed by atoms with Gasteiger partial charge in [0.1, 0.15) is 11.6 Å². The van der Waals surface area contributed by atoms with Crippen molar-refractivity contribution in [1.29, 1.82) is 0 Å². The summed E-state index contributed by atoms with van der Waals surface area (Å²) in [5.41, 5.74) is 1.71. The van der Waals surface area contributed by atoms with E-state index in [0.29, 0.717) is 11.5 Å². The fourth-order valence-corrected chi connectivity index (χ4v) is 2.57. The summed E-state index contributed by atoms with van der Waals surface area (Å²) in [4.78, 5) is 13.1. The van der Waals surface area contributed by atoms with Crippen LogP contribution < -0.4 is 5.32 Å². The molecular weight excluding hydrogens is 324 g/mol. The standard InChI is InChI=1S/C18H17F2N5/c1-4-25-10-14(16-12(19)5-6-13(21-3)17(16)20)24-9-15(25)11(2)18-22-7-8-23-18/h4-10,21H,1H2,2-3H3,(H,22,23)/b15-11+. The van der Waals surface area contributed by atoms with Gasteiger partial charge in [0.25, 0.3) is 0 Å². The molecule has 0 radical (unpaired) electrons. The molecule has 1 aliphatic heterocycles. The zero-order valence-corrected chi connectivity index (χ0v) is 13.8. The van der Waals surface area contributed by atoms with E-state index < -0.39 is 11.6 Å². The zero-order valence-electron chi connectivity index (χ0n) is 13.8. The molecule has 2 aromatic rings. The van der Waals surface area contributed by atoms with E-state index in [1.165, 1.54) is 18.3 Å². The molecule has 128 valence electrons. The summed E-state index contributed by atoms with van der Waals surface area (Å²) in [5.74, 6) is -0.691. The zero-order chi connectivity index (χ0) is 18.0. The quantitative estimate of drug-likeness (QED) is 0.884. The first-order valence-electron chi connectivity index (χ1n) is 7.60. The Morgan fingerprint density at radius 2 is 2.16 bits per heavy atom. The molecule has 3 rings (SSSR count). The number of halogens is 2. The Kier molecular flexibility index (Phi) is 4.47. The van der Waals surface area contributed by atoms with Gasteiger partial charge in [-0.1, -0.05) is 6.58 Å². The monoisotopic (exact) mass is 341 g/mol. The van der Waals surface area contributed by atoms with Crippen LogP contribution in [0, 0.1) is 11.6 Å². The van der Waals surface area contributed by atoms with Crippen molar-refractivity contribution >= 4 is 23.2 Å². The van der Waals surface area contributed by atoms with Gasteiger partial charge in [-0.15, -0.1) is 0 Å². The number of H-pyrrole nitrogens is 1. The van der Waals surface area contributed by atoms with E-state index in [2.05, 4.69) is 26.9 Å². The van der Waals surface area contributed by atoms with Gasteiger partial charge in [0.05, 0.1) is 28.9 Å². The summed E-state index contributed by atoms with van der Waals surface area (Å²) in [6.07, 6.45) is 7.99. The number of nitrogens with one attached hydrogen (secondary N) is 2. The molecule has 0 saturated heterocycles. The minimum Gasteiger partial charge on any atom is -0.386 e. The van der Waals surface area contributed by atoms with E-state index in [1.54, 1.807) is 36.8 Å². The van der Waals surface area contributed by atoms with Gasteiger partial charge >= 0.3 is 0 Å². The Labute approximate surface area is 144 Å². The maximum atomic E-state index is 14.5. The molecule has 0 aliphatic carbocycles. The molecule has 0 atom stereocenters. The molecule has 1 aromatic carbocycles. The highest BCUT2D eigenvalue weighted by molar-refractivity contribution is 5.94. The summed E-state index contributed by atoms with van der Waals surface area (Å²) < 4.78 is 28.7. The Balaban J connectivity index is 2.07. The van der Waals surface area contributed by atoms with Crippen molar-refractivity contribution in [2.75, 3.05) is 12.4 Å². The molecule has 2 heterocycles. The Hall–Kier alpha value is -3.22. The molecule has 0 saturated carbocycles. The van der Waals surface area contributed by atoms with E-state index in [4.69, 9.17) is 0 Å². The molecule has 0 amide bonds. The van der Waals surface area contributed by atoms with Crippen molar-refractivity contribution in [3.05, 3.63) is 72.2 Å². The fraction of sp³-hybridized carbons (Fsp3) is 0.111. The Bertz CT molecular complexity index is 894. The fourth-order valence-electron chi connectivity index (χ4n) is 2.57. The largest absolute Gasteiger partial charge is 0.386 e. The molecule has 1 aromatic heterocycles. The third-order valence-corrected chi connectivity index (χ3v) is 3.92. The number of benzene rings is 1. The predicted octanol–water partition coefficient (Wildman–Crippen LogP) is 3.99. The number of imidazole rings is 1. The van der Waals surface area contributed by atoms with Gasteiger partial charge in [-0.05, 0) is 19.1 Å². The molecule has 0 fully saturated rings. The van der Waals surface area contributed by atoms with Crippen molar-refractivity contribution in [3.63, 3.8) is 0 Å². The summed E-state index contributed by atoms with van der Waals surface area (Å²) in [6.45, 7) is 5.63. The number of nitrogens with zero attached hydrogens (tertiary/aromatic N) is 3. The lowest BCUT2D eigenvalue weighted by Crippen LogP contribution is -2.17. The molecule has 0 spiro atoms. The third-order valence-electron chi connectivity index (χ3n) is 3.92. The number of hydrogen-bond donors (Lipinski definition) is 2. The van der Waals surface area contributed by atoms with Crippen molar-refractivity contribution < 1.29 is 8.78 Å². The lowest BCUT2D eigenvalue weighted by Gasteiger charge is -2.23. The second-order valence-electron chi connectivity index (χ2n) is 5.34. The van der Waals surface area contributed by atoms with E-state index in [9.17, 15) is 8.78 Å². The number of aromatic nitrogens is 2. The van der Waals surface area contributed by atoms with Gasteiger partial charge in [-0.3, -0.25) is 4.99 Å². The Morgan fingerprint density at radius 1 is 1.36 bits per heavy atom. The average Bonchev–Trinajstić information content (AvgIpc) is 3.16. The topological polar surface area (TPSA) is 56.3 Å². The minimum absolute atomic E-state index is 0.169. The van der Waals surface area contributed by atoms with E-state index in [1.807, 2.05) is 6.92 Å². The van der Waals surface area contributed by atoms with Crippen LogP contribution in [0.5, 0.6) is 0 Å². The van der Waals surface area contributed by atoms with Crippen molar-refractivity contribution in [2.24, 2.45) is 4.99 Å². The number of anilines is 1. The maximum Gasteiger partial charge on any atom is 0.158 e. The first-order chi connectivity index (χ1) is 12.1. The van der Waals surface area contributed by atoms with Crippen LogP contribution in [0.1, 0.15) is 18.3 Å². The van der Waals surface area contributed by atoms with Gasteiger partial charge in [0.2, 0.25) is 0 Å². The molecule has 25 heavy (non-hydrogen) atoms. The second-order valence-corrected chi connectivity index (χ2v) is 5.34. The number of rotatable bonds is 4. The van der Waals surface area contributed by atoms with Crippen LogP contribution >= 0.6 is 0 Å². The number of aliphatic imine (C=N–C) groups is 1. The van der Waals surface area contributed by atoms with Crippen LogP contribution in [0.4, 0.5) is 14.5 Å². The van der Waals surface area contributed by atoms with E-state index >= 15 is 0 Å². The van der Waals surface area contributed by atoms with Gasteiger partial charge in [-0.2, -0.15) is 0 Å². The van der Waals surface area contributed by atoms with Crippen LogP contribution in [0.2, 0.25) is 0 Å². The molecule has 7 heteroatoms. The van der Waals surface area contributed by atoms with Gasteiger partial charge in [0.15, 0.2) is 5.82 Å². The SMILES string of the molecule is C=CN1C=C(c2c(F)ccc(NC)c2F)N=C/C1=C(/C)c1ncc[nH]1.